The zero-order valence-corrected chi connectivity index (χ0v) is 20.0. The Balaban J connectivity index is 1.33. The van der Waals surface area contributed by atoms with E-state index in [-0.39, 0.29) is 11.7 Å². The van der Waals surface area contributed by atoms with Crippen LogP contribution in [-0.2, 0) is 0 Å². The van der Waals surface area contributed by atoms with E-state index in [0.29, 0.717) is 22.6 Å². The van der Waals surface area contributed by atoms with Gasteiger partial charge in [-0.3, -0.25) is 0 Å². The van der Waals surface area contributed by atoms with Crippen LogP contribution in [0.2, 0.25) is 0 Å². The van der Waals surface area contributed by atoms with Gasteiger partial charge >= 0.3 is 6.61 Å². The molecular weight excluding hydrogens is 432 g/mol. The molecule has 1 aromatic heterocycles. The SMILES string of the molecule is CCCC1CCC(C2CCC(c3cccc(-c4nc5ccccc5o4)c3OC(F)F)CC2)CC1. The van der Waals surface area contributed by atoms with Gasteiger partial charge in [0, 0.05) is 0 Å². The predicted molar refractivity (Wildman–Crippen MR) is 131 cm³/mol. The van der Waals surface area contributed by atoms with Crippen molar-refractivity contribution in [1.82, 2.24) is 4.98 Å². The molecule has 0 atom stereocenters. The fraction of sp³-hybridized carbons (Fsp3) is 0.552. The Hall–Kier alpha value is -2.43. The van der Waals surface area contributed by atoms with Crippen LogP contribution in [0.15, 0.2) is 46.9 Å². The van der Waals surface area contributed by atoms with Crippen LogP contribution in [0.5, 0.6) is 5.75 Å². The molecule has 0 spiro atoms. The zero-order valence-electron chi connectivity index (χ0n) is 20.0. The molecule has 0 aliphatic heterocycles. The van der Waals surface area contributed by atoms with E-state index < -0.39 is 6.61 Å². The summed E-state index contributed by atoms with van der Waals surface area (Å²) in [5, 5.41) is 0. The summed E-state index contributed by atoms with van der Waals surface area (Å²) in [6.07, 6.45) is 12.6. The smallest absolute Gasteiger partial charge is 0.387 e. The maximum absolute atomic E-state index is 13.5. The molecule has 0 amide bonds. The monoisotopic (exact) mass is 467 g/mol. The zero-order chi connectivity index (χ0) is 23.5. The number of benzene rings is 2. The second kappa shape index (κ2) is 10.5. The average Bonchev–Trinajstić information content (AvgIpc) is 3.29. The lowest BCUT2D eigenvalue weighted by Gasteiger charge is -2.38. The van der Waals surface area contributed by atoms with Crippen LogP contribution in [-0.4, -0.2) is 11.6 Å². The highest BCUT2D eigenvalue weighted by Crippen LogP contribution is 2.47. The molecule has 0 unspecified atom stereocenters. The molecule has 2 saturated carbocycles. The number of nitrogens with zero attached hydrogens (tertiary/aromatic N) is 1. The normalized spacial score (nSPS) is 25.6. The second-order valence-electron chi connectivity index (χ2n) is 10.3. The summed E-state index contributed by atoms with van der Waals surface area (Å²) in [7, 11) is 0. The fourth-order valence-corrected chi connectivity index (χ4v) is 6.51. The van der Waals surface area contributed by atoms with Crippen molar-refractivity contribution in [1.29, 1.82) is 0 Å². The number of halogens is 2. The van der Waals surface area contributed by atoms with Gasteiger partial charge in [-0.25, -0.2) is 4.98 Å². The van der Waals surface area contributed by atoms with E-state index in [1.165, 1.54) is 51.4 Å². The molecule has 5 heteroatoms. The molecule has 0 bridgehead atoms. The molecule has 34 heavy (non-hydrogen) atoms. The van der Waals surface area contributed by atoms with Crippen molar-refractivity contribution < 1.29 is 17.9 Å². The minimum Gasteiger partial charge on any atom is -0.436 e. The fourth-order valence-electron chi connectivity index (χ4n) is 6.51. The van der Waals surface area contributed by atoms with E-state index in [4.69, 9.17) is 9.15 Å². The van der Waals surface area contributed by atoms with E-state index in [1.54, 1.807) is 6.07 Å². The lowest BCUT2D eigenvalue weighted by atomic mass is 9.68. The van der Waals surface area contributed by atoms with Gasteiger partial charge < -0.3 is 9.15 Å². The first-order chi connectivity index (χ1) is 16.6. The topological polar surface area (TPSA) is 35.3 Å². The number of hydrogen-bond donors (Lipinski definition) is 0. The van der Waals surface area contributed by atoms with Crippen molar-refractivity contribution in [2.75, 3.05) is 0 Å². The number of hydrogen-bond acceptors (Lipinski definition) is 3. The summed E-state index contributed by atoms with van der Waals surface area (Å²) in [4.78, 5) is 4.54. The standard InChI is InChI=1S/C29H35F2NO2/c1-2-6-19-11-13-20(14-12-19)21-15-17-22(18-16-21)23-7-5-8-24(27(23)34-29(30)31)28-32-25-9-3-4-10-26(25)33-28/h3-5,7-10,19-22,29H,2,6,11-18H2,1H3. The van der Waals surface area contributed by atoms with Crippen LogP contribution < -0.4 is 4.74 Å². The number of alkyl halides is 2. The molecule has 2 fully saturated rings. The number of fused-ring (bicyclic) bond motifs is 1. The van der Waals surface area contributed by atoms with Crippen molar-refractivity contribution in [3.05, 3.63) is 48.0 Å². The Labute approximate surface area is 200 Å². The molecule has 2 aliphatic carbocycles. The number of aromatic nitrogens is 1. The van der Waals surface area contributed by atoms with Crippen LogP contribution in [0.4, 0.5) is 8.78 Å². The maximum Gasteiger partial charge on any atom is 0.387 e. The first-order valence-electron chi connectivity index (χ1n) is 13.1. The molecule has 2 aliphatic rings. The third-order valence-corrected chi connectivity index (χ3v) is 8.24. The number of oxazole rings is 1. The van der Waals surface area contributed by atoms with Crippen LogP contribution in [0.3, 0.4) is 0 Å². The molecule has 0 N–H and O–H groups in total. The molecule has 3 aromatic rings. The summed E-state index contributed by atoms with van der Waals surface area (Å²) in [6, 6.07) is 13.1. The van der Waals surface area contributed by atoms with E-state index in [0.717, 1.165) is 36.2 Å². The third-order valence-electron chi connectivity index (χ3n) is 8.24. The van der Waals surface area contributed by atoms with Crippen molar-refractivity contribution in [2.24, 2.45) is 17.8 Å². The molecule has 0 saturated heterocycles. The number of ether oxygens (including phenoxy) is 1. The lowest BCUT2D eigenvalue weighted by molar-refractivity contribution is -0.0504. The molecular formula is C29H35F2NO2. The molecule has 1 heterocycles. The molecule has 5 rings (SSSR count). The van der Waals surface area contributed by atoms with E-state index >= 15 is 0 Å². The quantitative estimate of drug-likeness (QED) is 0.348. The van der Waals surface area contributed by atoms with Gasteiger partial charge in [0.15, 0.2) is 5.58 Å². The van der Waals surface area contributed by atoms with Gasteiger partial charge in [-0.2, -0.15) is 8.78 Å². The third kappa shape index (κ3) is 4.99. The van der Waals surface area contributed by atoms with Gasteiger partial charge in [0.25, 0.3) is 0 Å². The second-order valence-corrected chi connectivity index (χ2v) is 10.3. The molecule has 0 radical (unpaired) electrons. The molecule has 2 aromatic carbocycles. The van der Waals surface area contributed by atoms with Crippen LogP contribution in [0, 0.1) is 17.8 Å². The lowest BCUT2D eigenvalue weighted by Crippen LogP contribution is -2.25. The number of para-hydroxylation sites is 3. The largest absolute Gasteiger partial charge is 0.436 e. The summed E-state index contributed by atoms with van der Waals surface area (Å²) in [5.74, 6) is 3.34. The van der Waals surface area contributed by atoms with E-state index in [1.807, 2.05) is 36.4 Å². The van der Waals surface area contributed by atoms with E-state index in [9.17, 15) is 8.78 Å². The minimum absolute atomic E-state index is 0.228. The van der Waals surface area contributed by atoms with Crippen LogP contribution in [0.1, 0.15) is 82.6 Å². The highest BCUT2D eigenvalue weighted by molar-refractivity contribution is 5.78. The highest BCUT2D eigenvalue weighted by atomic mass is 19.3. The van der Waals surface area contributed by atoms with Gasteiger partial charge in [0.2, 0.25) is 5.89 Å². The van der Waals surface area contributed by atoms with Crippen LogP contribution in [0.25, 0.3) is 22.6 Å². The maximum atomic E-state index is 13.5. The van der Waals surface area contributed by atoms with Gasteiger partial charge in [-0.1, -0.05) is 56.9 Å². The van der Waals surface area contributed by atoms with Crippen molar-refractivity contribution in [3.8, 4) is 17.2 Å². The van der Waals surface area contributed by atoms with Crippen molar-refractivity contribution in [2.45, 2.75) is 83.7 Å². The van der Waals surface area contributed by atoms with Gasteiger partial charge in [0.1, 0.15) is 11.3 Å². The molecule has 3 nitrogen and oxygen atoms in total. The average molecular weight is 468 g/mol. The Kier molecular flexibility index (Phi) is 7.17. The van der Waals surface area contributed by atoms with Gasteiger partial charge in [-0.05, 0) is 86.0 Å². The minimum atomic E-state index is -2.89. The highest BCUT2D eigenvalue weighted by Gasteiger charge is 2.33. The van der Waals surface area contributed by atoms with Crippen LogP contribution >= 0.6 is 0 Å². The number of rotatable bonds is 7. The first-order valence-corrected chi connectivity index (χ1v) is 13.1. The Bertz CT molecular complexity index is 1050. The summed E-state index contributed by atoms with van der Waals surface area (Å²) in [6.45, 7) is -0.600. The summed E-state index contributed by atoms with van der Waals surface area (Å²) in [5.41, 5.74) is 2.72. The van der Waals surface area contributed by atoms with E-state index in [2.05, 4.69) is 11.9 Å². The summed E-state index contributed by atoms with van der Waals surface area (Å²) < 4.78 is 38.0. The van der Waals surface area contributed by atoms with Crippen molar-refractivity contribution in [3.63, 3.8) is 0 Å². The Morgan fingerprint density at radius 1 is 0.912 bits per heavy atom. The van der Waals surface area contributed by atoms with Gasteiger partial charge in [-0.15, -0.1) is 0 Å². The van der Waals surface area contributed by atoms with Gasteiger partial charge in [0.05, 0.1) is 5.56 Å². The Morgan fingerprint density at radius 2 is 1.62 bits per heavy atom. The first kappa shape index (κ1) is 23.3. The summed E-state index contributed by atoms with van der Waals surface area (Å²) >= 11 is 0. The molecule has 182 valence electrons. The van der Waals surface area contributed by atoms with Crippen molar-refractivity contribution >= 4 is 11.1 Å². The Morgan fingerprint density at radius 3 is 2.29 bits per heavy atom. The predicted octanol–water partition coefficient (Wildman–Crippen LogP) is 8.98.